The van der Waals surface area contributed by atoms with Crippen LogP contribution in [0.15, 0.2) is 54.6 Å². The van der Waals surface area contributed by atoms with Crippen LogP contribution in [0.2, 0.25) is 0 Å². The van der Waals surface area contributed by atoms with E-state index in [4.69, 9.17) is 4.98 Å². The van der Waals surface area contributed by atoms with E-state index in [2.05, 4.69) is 6.07 Å². The third kappa shape index (κ3) is 4.58. The Hall–Kier alpha value is -2.29. The number of rotatable bonds is 6. The minimum Gasteiger partial charge on any atom is -0.342 e. The van der Waals surface area contributed by atoms with Crippen LogP contribution in [0.5, 0.6) is 0 Å². The summed E-state index contributed by atoms with van der Waals surface area (Å²) in [4.78, 5) is 20.6. The van der Waals surface area contributed by atoms with Gasteiger partial charge in [-0.2, -0.15) is 0 Å². The number of carbonyl (C=O) groups excluding carboxylic acids is 1. The van der Waals surface area contributed by atoms with E-state index in [0.29, 0.717) is 32.4 Å². The van der Waals surface area contributed by atoms with Gasteiger partial charge in [0.15, 0.2) is 0 Å². The normalized spacial score (nSPS) is 17.6. The van der Waals surface area contributed by atoms with Crippen molar-refractivity contribution in [3.63, 3.8) is 0 Å². The zero-order valence-electron chi connectivity index (χ0n) is 18.7. The number of aromatic nitrogens is 1. The van der Waals surface area contributed by atoms with Crippen molar-refractivity contribution >= 4 is 37.5 Å². The van der Waals surface area contributed by atoms with Crippen molar-refractivity contribution in [3.8, 4) is 0 Å². The summed E-state index contributed by atoms with van der Waals surface area (Å²) in [6.45, 7) is 3.10. The number of amides is 1. The Bertz CT molecular complexity index is 1170. The van der Waals surface area contributed by atoms with Crippen molar-refractivity contribution in [1.29, 1.82) is 0 Å². The lowest BCUT2D eigenvalue weighted by molar-refractivity contribution is -0.138. The third-order valence-electron chi connectivity index (χ3n) is 6.51. The summed E-state index contributed by atoms with van der Waals surface area (Å²) >= 11 is 1.63. The lowest BCUT2D eigenvalue weighted by atomic mass is 9.78. The minimum atomic E-state index is -3.24. The second-order valence-corrected chi connectivity index (χ2v) is 11.9. The standard InChI is InChI=1S/C24H29N3O3S2/c1-24(18-9-5-4-6-10-18,17-22-25-20-11-7-8-12-21(20)31-22)23(28)27-15-13-19(14-16-27)26(2)32(3,29)30/h4-12,19H,13-17H2,1-3H3. The second-order valence-electron chi connectivity index (χ2n) is 8.75. The monoisotopic (exact) mass is 471 g/mol. The van der Waals surface area contributed by atoms with Crippen LogP contribution in [0, 0.1) is 0 Å². The molecule has 0 N–H and O–H groups in total. The highest BCUT2D eigenvalue weighted by atomic mass is 32.2. The van der Waals surface area contributed by atoms with Gasteiger partial charge < -0.3 is 4.90 Å². The van der Waals surface area contributed by atoms with Crippen molar-refractivity contribution in [3.05, 3.63) is 65.2 Å². The second kappa shape index (κ2) is 8.92. The van der Waals surface area contributed by atoms with Crippen LogP contribution in [0.25, 0.3) is 10.2 Å². The zero-order chi connectivity index (χ0) is 22.9. The first-order valence-corrected chi connectivity index (χ1v) is 13.5. The average Bonchev–Trinajstić information content (AvgIpc) is 3.20. The molecule has 1 aromatic heterocycles. The first kappa shape index (κ1) is 22.9. The molecule has 1 amide bonds. The maximum atomic E-state index is 13.9. The summed E-state index contributed by atoms with van der Waals surface area (Å²) in [5.41, 5.74) is 1.18. The molecule has 32 heavy (non-hydrogen) atoms. The smallest absolute Gasteiger partial charge is 0.233 e. The number of thiazole rings is 1. The first-order valence-electron chi connectivity index (χ1n) is 10.8. The number of fused-ring (bicyclic) bond motifs is 1. The van der Waals surface area contributed by atoms with E-state index in [1.165, 1.54) is 10.6 Å². The molecule has 6 nitrogen and oxygen atoms in total. The molecule has 0 aliphatic carbocycles. The molecule has 0 spiro atoms. The Labute approximate surface area is 193 Å². The van der Waals surface area contributed by atoms with Crippen molar-refractivity contribution in [2.45, 2.75) is 37.6 Å². The Morgan fingerprint density at radius 2 is 1.75 bits per heavy atom. The van der Waals surface area contributed by atoms with Crippen LogP contribution in [0.3, 0.4) is 0 Å². The molecular weight excluding hydrogens is 442 g/mol. The van der Waals surface area contributed by atoms with E-state index in [0.717, 1.165) is 20.8 Å². The highest BCUT2D eigenvalue weighted by molar-refractivity contribution is 7.88. The van der Waals surface area contributed by atoms with Crippen LogP contribution >= 0.6 is 11.3 Å². The molecule has 1 aliphatic heterocycles. The molecule has 0 saturated carbocycles. The van der Waals surface area contributed by atoms with Gasteiger partial charge in [0, 0.05) is 32.6 Å². The summed E-state index contributed by atoms with van der Waals surface area (Å²) in [7, 11) is -1.62. The number of hydrogen-bond acceptors (Lipinski definition) is 5. The van der Waals surface area contributed by atoms with E-state index in [1.54, 1.807) is 18.4 Å². The molecule has 2 heterocycles. The average molecular weight is 472 g/mol. The van der Waals surface area contributed by atoms with Crippen LogP contribution < -0.4 is 0 Å². The topological polar surface area (TPSA) is 70.6 Å². The minimum absolute atomic E-state index is 0.0682. The molecular formula is C24H29N3O3S2. The van der Waals surface area contributed by atoms with Gasteiger partial charge in [-0.3, -0.25) is 4.79 Å². The van der Waals surface area contributed by atoms with Crippen LogP contribution in [-0.4, -0.2) is 60.9 Å². The van der Waals surface area contributed by atoms with Gasteiger partial charge in [-0.15, -0.1) is 11.3 Å². The van der Waals surface area contributed by atoms with Gasteiger partial charge in [0.2, 0.25) is 15.9 Å². The van der Waals surface area contributed by atoms with Gasteiger partial charge in [0.25, 0.3) is 0 Å². The molecule has 170 valence electrons. The number of nitrogens with zero attached hydrogens (tertiary/aromatic N) is 3. The number of carbonyl (C=O) groups is 1. The fourth-order valence-electron chi connectivity index (χ4n) is 4.46. The van der Waals surface area contributed by atoms with Gasteiger partial charge in [0.1, 0.15) is 0 Å². The molecule has 8 heteroatoms. The maximum Gasteiger partial charge on any atom is 0.233 e. The molecule has 3 aromatic rings. The number of sulfonamides is 1. The SMILES string of the molecule is CN(C1CCN(C(=O)C(C)(Cc2nc3ccccc3s2)c2ccccc2)CC1)S(C)(=O)=O. The summed E-state index contributed by atoms with van der Waals surface area (Å²) in [5, 5.41) is 0.942. The molecule has 0 radical (unpaired) electrons. The van der Waals surface area contributed by atoms with Crippen LogP contribution in [0.4, 0.5) is 0 Å². The lowest BCUT2D eigenvalue weighted by Crippen LogP contribution is -2.52. The number of piperidine rings is 1. The zero-order valence-corrected chi connectivity index (χ0v) is 20.3. The van der Waals surface area contributed by atoms with E-state index >= 15 is 0 Å². The molecule has 0 bridgehead atoms. The summed E-state index contributed by atoms with van der Waals surface area (Å²) in [5.74, 6) is 0.0726. The van der Waals surface area contributed by atoms with Gasteiger partial charge >= 0.3 is 0 Å². The summed E-state index contributed by atoms with van der Waals surface area (Å²) in [6.07, 6.45) is 3.04. The van der Waals surface area contributed by atoms with Gasteiger partial charge in [-0.25, -0.2) is 17.7 Å². The molecule has 4 rings (SSSR count). The Morgan fingerprint density at radius 1 is 1.12 bits per heavy atom. The van der Waals surface area contributed by atoms with E-state index in [9.17, 15) is 13.2 Å². The maximum absolute atomic E-state index is 13.9. The highest BCUT2D eigenvalue weighted by Gasteiger charge is 2.41. The lowest BCUT2D eigenvalue weighted by Gasteiger charge is -2.40. The molecule has 1 saturated heterocycles. The summed E-state index contributed by atoms with van der Waals surface area (Å²) in [6, 6.07) is 17.9. The fourth-order valence-corrected chi connectivity index (χ4v) is 6.33. The quantitative estimate of drug-likeness (QED) is 0.550. The summed E-state index contributed by atoms with van der Waals surface area (Å²) < 4.78 is 26.4. The largest absolute Gasteiger partial charge is 0.342 e. The highest BCUT2D eigenvalue weighted by Crippen LogP contribution is 2.34. The molecule has 2 aromatic carbocycles. The molecule has 1 fully saturated rings. The van der Waals surface area contributed by atoms with Crippen molar-refractivity contribution < 1.29 is 13.2 Å². The van der Waals surface area contributed by atoms with E-state index in [1.807, 2.05) is 60.4 Å². The van der Waals surface area contributed by atoms with Crippen molar-refractivity contribution in [2.75, 3.05) is 26.4 Å². The number of para-hydroxylation sites is 1. The first-order chi connectivity index (χ1) is 15.2. The van der Waals surface area contributed by atoms with Crippen LogP contribution in [0.1, 0.15) is 30.3 Å². The Kier molecular flexibility index (Phi) is 6.38. The third-order valence-corrected chi connectivity index (χ3v) is 8.90. The van der Waals surface area contributed by atoms with Crippen molar-refractivity contribution in [1.82, 2.24) is 14.2 Å². The molecule has 1 atom stereocenters. The molecule has 1 unspecified atom stereocenters. The predicted octanol–water partition coefficient (Wildman–Crippen LogP) is 3.68. The Balaban J connectivity index is 1.59. The van der Waals surface area contributed by atoms with Gasteiger partial charge in [-0.05, 0) is 37.5 Å². The molecule has 1 aliphatic rings. The van der Waals surface area contributed by atoms with Crippen LogP contribution in [-0.2, 0) is 26.7 Å². The van der Waals surface area contributed by atoms with Gasteiger partial charge in [-0.1, -0.05) is 42.5 Å². The fraction of sp³-hybridized carbons (Fsp3) is 0.417. The van der Waals surface area contributed by atoms with E-state index < -0.39 is 15.4 Å². The predicted molar refractivity (Wildman–Crippen MR) is 129 cm³/mol. The number of benzene rings is 2. The number of hydrogen-bond donors (Lipinski definition) is 0. The van der Waals surface area contributed by atoms with Gasteiger partial charge in [0.05, 0.1) is 26.9 Å². The Morgan fingerprint density at radius 3 is 2.38 bits per heavy atom. The number of likely N-dealkylation sites (tertiary alicyclic amines) is 1. The van der Waals surface area contributed by atoms with Crippen molar-refractivity contribution in [2.24, 2.45) is 0 Å². The van der Waals surface area contributed by atoms with E-state index in [-0.39, 0.29) is 11.9 Å².